The number of furan rings is 1. The molecule has 11 heteroatoms. The maximum absolute atomic E-state index is 14.0. The van der Waals surface area contributed by atoms with Crippen molar-refractivity contribution in [1.82, 2.24) is 14.8 Å². The third-order valence-corrected chi connectivity index (χ3v) is 7.37. The number of likely N-dealkylation sites (tertiary alicyclic amines) is 1. The van der Waals surface area contributed by atoms with Crippen molar-refractivity contribution in [1.29, 1.82) is 0 Å². The summed E-state index contributed by atoms with van der Waals surface area (Å²) in [6.45, 7) is 4.64. The van der Waals surface area contributed by atoms with Gasteiger partial charge in [-0.3, -0.25) is 4.90 Å². The molecule has 0 saturated carbocycles. The smallest absolute Gasteiger partial charge is 0.314 e. The minimum atomic E-state index is -0.709. The summed E-state index contributed by atoms with van der Waals surface area (Å²) in [6, 6.07) is 2.58. The Balaban J connectivity index is 1.38. The number of amides is 2. The average molecular weight is 520 g/mol. The van der Waals surface area contributed by atoms with Crippen LogP contribution in [0.4, 0.5) is 15.0 Å². The lowest BCUT2D eigenvalue weighted by Gasteiger charge is -2.45. The number of urea groups is 1. The van der Waals surface area contributed by atoms with Crippen LogP contribution in [-0.4, -0.2) is 53.0 Å². The summed E-state index contributed by atoms with van der Waals surface area (Å²) in [7, 11) is 0. The molecule has 184 valence electrons. The van der Waals surface area contributed by atoms with Crippen LogP contribution in [0.5, 0.6) is 5.75 Å². The molecular formula is C24H24Cl2FN5O3. The van der Waals surface area contributed by atoms with Gasteiger partial charge in [-0.15, -0.1) is 0 Å². The molecule has 1 fully saturated rings. The molecule has 1 atom stereocenters. The Morgan fingerprint density at radius 1 is 1.34 bits per heavy atom. The van der Waals surface area contributed by atoms with E-state index in [1.54, 1.807) is 24.3 Å². The number of nitrogen functional groups attached to an aromatic ring is 1. The van der Waals surface area contributed by atoms with E-state index in [1.165, 1.54) is 12.1 Å². The molecule has 1 saturated heterocycles. The number of benzene rings is 1. The number of carbonyl (C=O) groups excluding carboxylic acids is 1. The van der Waals surface area contributed by atoms with Crippen LogP contribution in [-0.2, 0) is 0 Å². The van der Waals surface area contributed by atoms with Crippen LogP contribution >= 0.6 is 23.2 Å². The van der Waals surface area contributed by atoms with Crippen molar-refractivity contribution >= 4 is 51.6 Å². The lowest BCUT2D eigenvalue weighted by Crippen LogP contribution is -2.62. The Hall–Kier alpha value is -3.01. The Labute approximate surface area is 211 Å². The van der Waals surface area contributed by atoms with Crippen molar-refractivity contribution in [3.05, 3.63) is 57.7 Å². The van der Waals surface area contributed by atoms with Gasteiger partial charge in [0, 0.05) is 54.6 Å². The number of carbonyl (C=O) groups is 1. The van der Waals surface area contributed by atoms with Gasteiger partial charge >= 0.3 is 6.03 Å². The number of nitrogens with zero attached hydrogens (tertiary/aromatic N) is 3. The minimum Gasteiger partial charge on any atom is -0.478 e. The molecule has 0 bridgehead atoms. The number of nitrogens with two attached hydrogens (primary N) is 2. The van der Waals surface area contributed by atoms with Gasteiger partial charge in [-0.05, 0) is 31.1 Å². The highest BCUT2D eigenvalue weighted by Gasteiger charge is 2.34. The SMILES string of the molecule is C[C@@H](Oc1c(N)ncc2c(C3=CCN(C4CN(C(N)=O)C4)CC3)coc12)c1c(Cl)ccc(F)c1Cl. The summed E-state index contributed by atoms with van der Waals surface area (Å²) in [5.41, 5.74) is 14.3. The molecule has 0 unspecified atom stereocenters. The Bertz CT molecular complexity index is 1340. The quantitative estimate of drug-likeness (QED) is 0.466. The lowest BCUT2D eigenvalue weighted by molar-refractivity contribution is 0.0669. The number of primary amides is 1. The van der Waals surface area contributed by atoms with Gasteiger partial charge in [0.05, 0.1) is 16.7 Å². The van der Waals surface area contributed by atoms with Crippen molar-refractivity contribution < 1.29 is 18.3 Å². The molecular weight excluding hydrogens is 496 g/mol. The van der Waals surface area contributed by atoms with Gasteiger partial charge in [0.2, 0.25) is 5.75 Å². The van der Waals surface area contributed by atoms with Crippen molar-refractivity contribution in [3.63, 3.8) is 0 Å². The van der Waals surface area contributed by atoms with Crippen LogP contribution in [0.3, 0.4) is 0 Å². The average Bonchev–Trinajstić information content (AvgIpc) is 3.22. The lowest BCUT2D eigenvalue weighted by atomic mass is 9.97. The van der Waals surface area contributed by atoms with E-state index in [2.05, 4.69) is 16.0 Å². The van der Waals surface area contributed by atoms with E-state index in [9.17, 15) is 9.18 Å². The highest BCUT2D eigenvalue weighted by molar-refractivity contribution is 6.36. The monoisotopic (exact) mass is 519 g/mol. The molecule has 8 nitrogen and oxygen atoms in total. The minimum absolute atomic E-state index is 0.105. The zero-order chi connectivity index (χ0) is 24.9. The summed E-state index contributed by atoms with van der Waals surface area (Å²) in [4.78, 5) is 19.5. The van der Waals surface area contributed by atoms with E-state index in [4.69, 9.17) is 43.8 Å². The first-order valence-corrected chi connectivity index (χ1v) is 11.9. The van der Waals surface area contributed by atoms with Crippen molar-refractivity contribution in [3.8, 4) is 5.75 Å². The van der Waals surface area contributed by atoms with E-state index in [1.807, 2.05) is 0 Å². The number of aromatic nitrogens is 1. The molecule has 3 aromatic rings. The molecule has 0 radical (unpaired) electrons. The zero-order valence-corrected chi connectivity index (χ0v) is 20.4. The number of hydrogen-bond acceptors (Lipinski definition) is 6. The number of anilines is 1. The van der Waals surface area contributed by atoms with E-state index < -0.39 is 11.9 Å². The molecule has 0 spiro atoms. The Morgan fingerprint density at radius 3 is 2.80 bits per heavy atom. The van der Waals surface area contributed by atoms with Gasteiger partial charge in [0.25, 0.3) is 0 Å². The van der Waals surface area contributed by atoms with Gasteiger partial charge in [0.1, 0.15) is 11.9 Å². The van der Waals surface area contributed by atoms with Gasteiger partial charge in [-0.2, -0.15) is 0 Å². The number of hydrogen-bond donors (Lipinski definition) is 2. The summed E-state index contributed by atoms with van der Waals surface area (Å²) in [6.07, 6.45) is 5.59. The van der Waals surface area contributed by atoms with Crippen LogP contribution in [0.1, 0.15) is 30.6 Å². The van der Waals surface area contributed by atoms with E-state index in [0.29, 0.717) is 30.3 Å². The predicted molar refractivity (Wildman–Crippen MR) is 133 cm³/mol. The summed E-state index contributed by atoms with van der Waals surface area (Å²) < 4.78 is 26.0. The first-order valence-electron chi connectivity index (χ1n) is 11.2. The normalized spacial score (nSPS) is 17.8. The Kier molecular flexibility index (Phi) is 6.25. The Morgan fingerprint density at radius 2 is 2.11 bits per heavy atom. The highest BCUT2D eigenvalue weighted by Crippen LogP contribution is 2.41. The molecule has 5 rings (SSSR count). The number of ether oxygens (including phenoxy) is 1. The van der Waals surface area contributed by atoms with Crippen molar-refractivity contribution in [2.75, 3.05) is 31.9 Å². The van der Waals surface area contributed by atoms with E-state index >= 15 is 0 Å². The topological polar surface area (TPSA) is 111 Å². The van der Waals surface area contributed by atoms with Crippen LogP contribution in [0.2, 0.25) is 10.0 Å². The van der Waals surface area contributed by atoms with Gasteiger partial charge in [0.15, 0.2) is 11.4 Å². The fourth-order valence-corrected chi connectivity index (χ4v) is 5.30. The van der Waals surface area contributed by atoms with Crippen LogP contribution in [0.25, 0.3) is 16.5 Å². The summed E-state index contributed by atoms with van der Waals surface area (Å²) in [5.74, 6) is -0.202. The van der Waals surface area contributed by atoms with Gasteiger partial charge in [-0.25, -0.2) is 14.2 Å². The molecule has 2 aliphatic heterocycles. The fraction of sp³-hybridized carbons (Fsp3) is 0.333. The van der Waals surface area contributed by atoms with Gasteiger partial charge < -0.3 is 25.5 Å². The molecule has 2 amide bonds. The first kappa shape index (κ1) is 23.7. The first-order chi connectivity index (χ1) is 16.7. The second-order valence-corrected chi connectivity index (χ2v) is 9.54. The fourth-order valence-electron chi connectivity index (χ4n) is 4.62. The zero-order valence-electron chi connectivity index (χ0n) is 18.9. The summed E-state index contributed by atoms with van der Waals surface area (Å²) in [5, 5.41) is 0.942. The maximum Gasteiger partial charge on any atom is 0.314 e. The number of halogens is 3. The summed E-state index contributed by atoms with van der Waals surface area (Å²) >= 11 is 12.4. The highest BCUT2D eigenvalue weighted by atomic mass is 35.5. The van der Waals surface area contributed by atoms with Crippen LogP contribution < -0.4 is 16.2 Å². The third kappa shape index (κ3) is 4.28. The number of fused-ring (bicyclic) bond motifs is 1. The van der Waals surface area contributed by atoms with E-state index in [-0.39, 0.29) is 27.6 Å². The van der Waals surface area contributed by atoms with E-state index in [0.717, 1.165) is 36.0 Å². The third-order valence-electron chi connectivity index (χ3n) is 6.66. The largest absolute Gasteiger partial charge is 0.478 e. The molecule has 4 heterocycles. The van der Waals surface area contributed by atoms with Gasteiger partial charge in [-0.1, -0.05) is 29.3 Å². The second kappa shape index (κ2) is 9.22. The van der Waals surface area contributed by atoms with Crippen molar-refractivity contribution in [2.45, 2.75) is 25.5 Å². The second-order valence-electron chi connectivity index (χ2n) is 8.75. The maximum atomic E-state index is 14.0. The molecule has 2 aliphatic rings. The molecule has 35 heavy (non-hydrogen) atoms. The van der Waals surface area contributed by atoms with Crippen LogP contribution in [0.15, 0.2) is 35.1 Å². The number of rotatable bonds is 5. The van der Waals surface area contributed by atoms with Crippen molar-refractivity contribution in [2.24, 2.45) is 5.73 Å². The molecule has 4 N–H and O–H groups in total. The molecule has 2 aromatic heterocycles. The van der Waals surface area contributed by atoms with Crippen LogP contribution in [0, 0.1) is 5.82 Å². The predicted octanol–water partition coefficient (Wildman–Crippen LogP) is 4.85. The standard InChI is InChI=1S/C24H24Cl2FN5O3/c1-12(19-17(25)2-3-18(27)20(19)26)35-22-21-15(8-30-23(22)28)16(11-34-21)13-4-6-31(7-5-13)14-9-32(10-14)24(29)33/h2-4,8,11-12,14H,5-7,9-10H2,1H3,(H2,28,30)(H2,29,33)/t12-/m1/s1. The number of pyridine rings is 1. The molecule has 1 aromatic carbocycles. The molecule has 0 aliphatic carbocycles.